The van der Waals surface area contributed by atoms with E-state index in [2.05, 4.69) is 31.0 Å². The first-order valence-corrected chi connectivity index (χ1v) is 14.8. The maximum Gasteiger partial charge on any atom is 0.357 e. The predicted octanol–water partition coefficient (Wildman–Crippen LogP) is 0.136. The lowest BCUT2D eigenvalue weighted by molar-refractivity contribution is -0.173. The summed E-state index contributed by atoms with van der Waals surface area (Å²) in [5.74, 6) is -2.02. The van der Waals surface area contributed by atoms with E-state index >= 15 is 0 Å². The van der Waals surface area contributed by atoms with Gasteiger partial charge in [-0.25, -0.2) is 14.5 Å². The second kappa shape index (κ2) is 12.4. The number of rotatable bonds is 10. The number of aromatic nitrogens is 5. The molecule has 1 fully saturated rings. The largest absolute Gasteiger partial charge is 0.427 e. The van der Waals surface area contributed by atoms with Crippen molar-refractivity contribution in [1.82, 2.24) is 35.4 Å². The topological polar surface area (TPSA) is 206 Å². The molecule has 16 nitrogen and oxygen atoms in total. The number of hydrogen-bond acceptors (Lipinski definition) is 16. The number of tetrazole rings is 1. The van der Waals surface area contributed by atoms with Crippen LogP contribution in [0.1, 0.15) is 26.5 Å². The van der Waals surface area contributed by atoms with Crippen LogP contribution in [-0.4, -0.2) is 96.4 Å². The summed E-state index contributed by atoms with van der Waals surface area (Å²) in [7, 11) is 2.95. The fraction of sp³-hybridized carbons (Fsp3) is 0.500. The van der Waals surface area contributed by atoms with E-state index in [-0.39, 0.29) is 28.0 Å². The van der Waals surface area contributed by atoms with Gasteiger partial charge in [-0.2, -0.15) is 0 Å². The number of hydrogen-bond donors (Lipinski definition) is 2. The number of nitrogen functional groups attached to an aromatic ring is 1. The van der Waals surface area contributed by atoms with Gasteiger partial charge in [0.25, 0.3) is 11.8 Å². The fourth-order valence-electron chi connectivity index (χ4n) is 3.60. The highest BCUT2D eigenvalue weighted by Gasteiger charge is 2.54. The van der Waals surface area contributed by atoms with Crippen LogP contribution in [0.2, 0.25) is 0 Å². The minimum atomic E-state index is -0.968. The zero-order chi connectivity index (χ0) is 29.9. The first-order chi connectivity index (χ1) is 19.4. The Kier molecular flexibility index (Phi) is 9.17. The average Bonchev–Trinajstić information content (AvgIpc) is 3.54. The minimum Gasteiger partial charge on any atom is -0.427 e. The number of nitrogens with two attached hydrogens (primary N) is 1. The number of fused-ring (bicyclic) bond motifs is 1. The number of nitrogens with one attached hydrogen (secondary N) is 1. The van der Waals surface area contributed by atoms with Crippen molar-refractivity contribution in [3.63, 3.8) is 0 Å². The second-order valence-electron chi connectivity index (χ2n) is 9.61. The smallest absolute Gasteiger partial charge is 0.357 e. The molecule has 220 valence electrons. The summed E-state index contributed by atoms with van der Waals surface area (Å²) in [6.45, 7) is 4.37. The summed E-state index contributed by atoms with van der Waals surface area (Å²) in [6, 6.07) is -0.968. The van der Waals surface area contributed by atoms with Crippen LogP contribution in [0, 0.1) is 5.41 Å². The van der Waals surface area contributed by atoms with Crippen LogP contribution in [0.15, 0.2) is 27.0 Å². The number of aryl methyl sites for hydroxylation is 1. The third-order valence-corrected chi connectivity index (χ3v) is 8.75. The molecule has 4 heterocycles. The van der Waals surface area contributed by atoms with E-state index in [9.17, 15) is 19.2 Å². The van der Waals surface area contributed by atoms with Crippen molar-refractivity contribution < 1.29 is 33.5 Å². The first-order valence-electron chi connectivity index (χ1n) is 11.9. The molecular formula is C22H27N9O7S3. The van der Waals surface area contributed by atoms with Crippen LogP contribution >= 0.6 is 34.9 Å². The number of carbonyl (C=O) groups is 4. The molecule has 0 bridgehead atoms. The van der Waals surface area contributed by atoms with Crippen molar-refractivity contribution >= 4 is 69.5 Å². The molecule has 0 radical (unpaired) electrons. The average molecular weight is 626 g/mol. The van der Waals surface area contributed by atoms with Gasteiger partial charge in [0, 0.05) is 23.9 Å². The van der Waals surface area contributed by atoms with Crippen LogP contribution < -0.4 is 11.1 Å². The Morgan fingerprint density at radius 1 is 1.29 bits per heavy atom. The van der Waals surface area contributed by atoms with Crippen molar-refractivity contribution in [3.8, 4) is 0 Å². The first kappa shape index (κ1) is 30.3. The summed E-state index contributed by atoms with van der Waals surface area (Å²) < 4.78 is 11.8. The lowest BCUT2D eigenvalue weighted by Gasteiger charge is -2.49. The number of carbonyl (C=O) groups excluding carboxylic acids is 4. The number of esters is 2. The summed E-state index contributed by atoms with van der Waals surface area (Å²) in [4.78, 5) is 61.8. The minimum absolute atomic E-state index is 0.0109. The SMILES string of the molecule is CO/N=C(\C(=O)NC1C(=O)N2C(C(=O)OCOC(=O)C(C)(C)C)=C(CSc3nnnn3C)CSC12)c1csc(N)n1. The second-order valence-corrected chi connectivity index (χ2v) is 12.5. The third-order valence-electron chi connectivity index (χ3n) is 5.64. The van der Waals surface area contributed by atoms with E-state index in [1.807, 2.05) is 0 Å². The highest BCUT2D eigenvalue weighted by molar-refractivity contribution is 8.01. The Labute approximate surface area is 246 Å². The van der Waals surface area contributed by atoms with Gasteiger partial charge in [0.2, 0.25) is 11.9 Å². The van der Waals surface area contributed by atoms with Gasteiger partial charge in [-0.3, -0.25) is 19.3 Å². The molecule has 2 aliphatic heterocycles. The number of nitrogens with zero attached hydrogens (tertiary/aromatic N) is 7. The number of amides is 2. The monoisotopic (exact) mass is 625 g/mol. The number of thiazole rings is 1. The van der Waals surface area contributed by atoms with Gasteiger partial charge in [-0.1, -0.05) is 16.9 Å². The predicted molar refractivity (Wildman–Crippen MR) is 148 cm³/mol. The molecule has 0 aliphatic carbocycles. The van der Waals surface area contributed by atoms with Crippen LogP contribution in [0.4, 0.5) is 5.13 Å². The fourth-order valence-corrected chi connectivity index (χ4v) is 6.48. The molecule has 1 saturated heterocycles. The maximum atomic E-state index is 13.3. The normalized spacial score (nSPS) is 18.9. The molecule has 0 aromatic carbocycles. The van der Waals surface area contributed by atoms with Gasteiger partial charge in [0.1, 0.15) is 29.9 Å². The van der Waals surface area contributed by atoms with Gasteiger partial charge in [0.15, 0.2) is 10.8 Å². The standard InChI is InChI=1S/C22H27N9O7S3/c1-22(2,3)19(35)38-9-37-18(34)14-10(7-41-21-26-28-29-30(21)4)6-39-17-13(16(33)31(14)17)25-15(32)12(27-36-5)11-8-40-20(23)24-11/h8,13,17H,6-7,9H2,1-5H3,(H2,23,24)(H,25,32)/b27-12-. The summed E-state index contributed by atoms with van der Waals surface area (Å²) in [5.41, 5.74) is 5.52. The molecular weight excluding hydrogens is 598 g/mol. The molecule has 41 heavy (non-hydrogen) atoms. The third kappa shape index (κ3) is 6.62. The van der Waals surface area contributed by atoms with Gasteiger partial charge < -0.3 is 25.4 Å². The molecule has 19 heteroatoms. The molecule has 2 aromatic rings. The molecule has 3 N–H and O–H groups in total. The lowest BCUT2D eigenvalue weighted by atomic mass is 9.98. The van der Waals surface area contributed by atoms with Crippen molar-refractivity contribution in [3.05, 3.63) is 22.3 Å². The maximum absolute atomic E-state index is 13.3. The lowest BCUT2D eigenvalue weighted by Crippen LogP contribution is -2.71. The number of oxime groups is 1. The van der Waals surface area contributed by atoms with Crippen LogP contribution in [0.5, 0.6) is 0 Å². The summed E-state index contributed by atoms with van der Waals surface area (Å²) in [6.07, 6.45) is 0. The van der Waals surface area contributed by atoms with E-state index < -0.39 is 47.4 Å². The molecule has 4 rings (SSSR count). The van der Waals surface area contributed by atoms with E-state index in [0.29, 0.717) is 16.5 Å². The Hall–Kier alpha value is -3.71. The molecule has 0 spiro atoms. The van der Waals surface area contributed by atoms with Gasteiger partial charge >= 0.3 is 11.9 Å². The number of β-lactam (4-membered cyclic amide) rings is 1. The molecule has 2 unspecified atom stereocenters. The van der Waals surface area contributed by atoms with Crippen LogP contribution in [-0.2, 0) is 40.5 Å². The molecule has 2 aliphatic rings. The van der Waals surface area contributed by atoms with Crippen molar-refractivity contribution in [1.29, 1.82) is 0 Å². The van der Waals surface area contributed by atoms with E-state index in [0.717, 1.165) is 11.3 Å². The van der Waals surface area contributed by atoms with Crippen LogP contribution in [0.25, 0.3) is 0 Å². The quantitative estimate of drug-likeness (QED) is 0.0899. The Morgan fingerprint density at radius 3 is 2.66 bits per heavy atom. The van der Waals surface area contributed by atoms with Gasteiger partial charge in [-0.15, -0.1) is 28.2 Å². The van der Waals surface area contributed by atoms with Crippen LogP contribution in [0.3, 0.4) is 0 Å². The molecule has 2 amide bonds. The van der Waals surface area contributed by atoms with Gasteiger partial charge in [0.05, 0.1) is 5.41 Å². The molecule has 0 saturated carbocycles. The molecule has 2 atom stereocenters. The van der Waals surface area contributed by atoms with Crippen molar-refractivity contribution in [2.75, 3.05) is 31.1 Å². The summed E-state index contributed by atoms with van der Waals surface area (Å²) >= 11 is 3.75. The number of anilines is 1. The van der Waals surface area contributed by atoms with E-state index in [1.54, 1.807) is 27.8 Å². The van der Waals surface area contributed by atoms with E-state index in [4.69, 9.17) is 20.0 Å². The van der Waals surface area contributed by atoms with Crippen molar-refractivity contribution in [2.45, 2.75) is 37.3 Å². The number of ether oxygens (including phenoxy) is 2. The Bertz CT molecular complexity index is 1420. The van der Waals surface area contributed by atoms with E-state index in [1.165, 1.54) is 45.6 Å². The summed E-state index contributed by atoms with van der Waals surface area (Å²) in [5, 5.41) is 19.4. The zero-order valence-corrected chi connectivity index (χ0v) is 25.1. The Balaban J connectivity index is 1.52. The highest BCUT2D eigenvalue weighted by Crippen LogP contribution is 2.42. The van der Waals surface area contributed by atoms with Crippen molar-refractivity contribution in [2.24, 2.45) is 17.6 Å². The van der Waals surface area contributed by atoms with Gasteiger partial charge in [-0.05, 0) is 36.8 Å². The number of thioether (sulfide) groups is 2. The molecule has 2 aromatic heterocycles. The zero-order valence-electron chi connectivity index (χ0n) is 22.6. The Morgan fingerprint density at radius 2 is 2.05 bits per heavy atom. The highest BCUT2D eigenvalue weighted by atomic mass is 32.2.